The Hall–Kier alpha value is -2.98. The number of aryl methyl sites for hydroxylation is 3. The lowest BCUT2D eigenvalue weighted by Crippen LogP contribution is -2.47. The first-order valence-electron chi connectivity index (χ1n) is 13.4. The Balaban J connectivity index is 1.51. The maximum absolute atomic E-state index is 13.7. The molecule has 1 fully saturated rings. The molecular formula is C32H41N3O. The summed E-state index contributed by atoms with van der Waals surface area (Å²) in [6.07, 6.45) is 5.04. The highest BCUT2D eigenvalue weighted by Crippen LogP contribution is 2.25. The lowest BCUT2D eigenvalue weighted by molar-refractivity contribution is 0.0540. The van der Waals surface area contributed by atoms with Gasteiger partial charge in [-0.1, -0.05) is 73.5 Å². The molecule has 3 aromatic rings. The van der Waals surface area contributed by atoms with Gasteiger partial charge in [-0.05, 0) is 80.8 Å². The number of hydrogen-bond donors (Lipinski definition) is 0. The van der Waals surface area contributed by atoms with Crippen LogP contribution in [0.15, 0.2) is 60.8 Å². The maximum atomic E-state index is 13.7. The Morgan fingerprint density at radius 3 is 2.17 bits per heavy atom. The summed E-state index contributed by atoms with van der Waals surface area (Å²) in [4.78, 5) is 22.8. The number of carbonyl (C=O) groups excluding carboxylic acids is 1. The third kappa shape index (κ3) is 6.82. The first-order valence-corrected chi connectivity index (χ1v) is 13.4. The zero-order valence-electron chi connectivity index (χ0n) is 22.6. The van der Waals surface area contributed by atoms with E-state index in [1.807, 2.05) is 19.1 Å². The van der Waals surface area contributed by atoms with Gasteiger partial charge in [-0.2, -0.15) is 0 Å². The highest BCUT2D eigenvalue weighted by atomic mass is 16.2. The fourth-order valence-electron chi connectivity index (χ4n) is 5.14. The number of likely N-dealkylation sites (tertiary alicyclic amines) is 1. The van der Waals surface area contributed by atoms with E-state index in [1.165, 1.54) is 28.7 Å². The van der Waals surface area contributed by atoms with E-state index in [4.69, 9.17) is 0 Å². The number of hydrogen-bond acceptors (Lipinski definition) is 3. The zero-order valence-corrected chi connectivity index (χ0v) is 22.6. The highest BCUT2D eigenvalue weighted by Gasteiger charge is 2.29. The van der Waals surface area contributed by atoms with E-state index in [0.717, 1.165) is 49.5 Å². The molecule has 4 nitrogen and oxygen atoms in total. The van der Waals surface area contributed by atoms with E-state index in [2.05, 4.69) is 84.9 Å². The Labute approximate surface area is 217 Å². The van der Waals surface area contributed by atoms with Gasteiger partial charge < -0.3 is 9.80 Å². The third-order valence-corrected chi connectivity index (χ3v) is 7.27. The molecular weight excluding hydrogens is 442 g/mol. The molecule has 0 atom stereocenters. The quantitative estimate of drug-likeness (QED) is 0.352. The molecule has 0 unspecified atom stereocenters. The largest absolute Gasteiger partial charge is 0.330 e. The summed E-state index contributed by atoms with van der Waals surface area (Å²) in [7, 11) is 0. The predicted octanol–water partition coefficient (Wildman–Crippen LogP) is 6.83. The third-order valence-electron chi connectivity index (χ3n) is 7.27. The van der Waals surface area contributed by atoms with Crippen LogP contribution in [0.4, 0.5) is 0 Å². The van der Waals surface area contributed by atoms with Crippen molar-refractivity contribution in [1.29, 1.82) is 0 Å². The van der Waals surface area contributed by atoms with Crippen LogP contribution in [0.5, 0.6) is 0 Å². The molecule has 190 valence electrons. The Bertz CT molecular complexity index is 1120. The average molecular weight is 484 g/mol. The summed E-state index contributed by atoms with van der Waals surface area (Å²) in [6.45, 7) is 14.7. The van der Waals surface area contributed by atoms with Crippen molar-refractivity contribution in [3.63, 3.8) is 0 Å². The van der Waals surface area contributed by atoms with Gasteiger partial charge >= 0.3 is 0 Å². The molecule has 1 amide bonds. The fourth-order valence-corrected chi connectivity index (χ4v) is 5.14. The van der Waals surface area contributed by atoms with Crippen LogP contribution in [0.1, 0.15) is 65.9 Å². The van der Waals surface area contributed by atoms with Crippen LogP contribution >= 0.6 is 0 Å². The van der Waals surface area contributed by atoms with Crippen LogP contribution in [0, 0.1) is 26.7 Å². The highest BCUT2D eigenvalue weighted by molar-refractivity contribution is 5.92. The number of carbonyl (C=O) groups is 1. The lowest BCUT2D eigenvalue weighted by atomic mass is 9.98. The summed E-state index contributed by atoms with van der Waals surface area (Å²) in [5.74, 6) is 0.758. The monoisotopic (exact) mass is 483 g/mol. The molecule has 36 heavy (non-hydrogen) atoms. The molecule has 0 aliphatic carbocycles. The minimum Gasteiger partial charge on any atom is -0.330 e. The molecule has 1 aromatic heterocycles. The second kappa shape index (κ2) is 11.8. The van der Waals surface area contributed by atoms with Gasteiger partial charge in [0.2, 0.25) is 0 Å². The first kappa shape index (κ1) is 26.1. The van der Waals surface area contributed by atoms with Crippen LogP contribution in [-0.2, 0) is 6.54 Å². The first-order chi connectivity index (χ1) is 17.3. The zero-order chi connectivity index (χ0) is 25.7. The molecule has 0 spiro atoms. The molecule has 1 aliphatic rings. The number of rotatable bonds is 8. The Morgan fingerprint density at radius 2 is 1.58 bits per heavy atom. The molecule has 1 saturated heterocycles. The van der Waals surface area contributed by atoms with Crippen molar-refractivity contribution < 1.29 is 4.79 Å². The predicted molar refractivity (Wildman–Crippen MR) is 149 cm³/mol. The van der Waals surface area contributed by atoms with Gasteiger partial charge in [0.15, 0.2) is 0 Å². The van der Waals surface area contributed by atoms with E-state index >= 15 is 0 Å². The Morgan fingerprint density at radius 1 is 0.917 bits per heavy atom. The van der Waals surface area contributed by atoms with E-state index in [0.29, 0.717) is 12.2 Å². The van der Waals surface area contributed by atoms with Crippen molar-refractivity contribution in [2.24, 2.45) is 5.92 Å². The van der Waals surface area contributed by atoms with E-state index < -0.39 is 0 Å². The SMILES string of the molecule is Cc1ccc(C(=O)N(Cc2ccc(-c3cc(C)cc(C)c3)cc2)C2CCN(CCC(C)C)CC2)nc1. The molecule has 0 saturated carbocycles. The van der Waals surface area contributed by atoms with Crippen molar-refractivity contribution in [3.05, 3.63) is 88.7 Å². The number of aromatic nitrogens is 1. The van der Waals surface area contributed by atoms with Crippen molar-refractivity contribution >= 4 is 5.91 Å². The van der Waals surface area contributed by atoms with Crippen LogP contribution in [0.3, 0.4) is 0 Å². The van der Waals surface area contributed by atoms with Gasteiger partial charge in [-0.25, -0.2) is 0 Å². The minimum atomic E-state index is 0.0361. The Kier molecular flexibility index (Phi) is 8.58. The van der Waals surface area contributed by atoms with Crippen molar-refractivity contribution in [3.8, 4) is 11.1 Å². The second-order valence-corrected chi connectivity index (χ2v) is 11.0. The van der Waals surface area contributed by atoms with Gasteiger partial charge in [0.25, 0.3) is 5.91 Å². The van der Waals surface area contributed by atoms with Crippen LogP contribution in [0.2, 0.25) is 0 Å². The molecule has 4 rings (SSSR count). The van der Waals surface area contributed by atoms with E-state index in [9.17, 15) is 4.79 Å². The van der Waals surface area contributed by atoms with Gasteiger partial charge in [0.05, 0.1) is 0 Å². The van der Waals surface area contributed by atoms with E-state index in [1.54, 1.807) is 6.20 Å². The minimum absolute atomic E-state index is 0.0361. The van der Waals surface area contributed by atoms with Crippen LogP contribution in [0.25, 0.3) is 11.1 Å². The van der Waals surface area contributed by atoms with Crippen molar-refractivity contribution in [2.45, 2.75) is 66.5 Å². The topological polar surface area (TPSA) is 36.4 Å². The molecule has 0 radical (unpaired) electrons. The van der Waals surface area contributed by atoms with Crippen LogP contribution in [-0.4, -0.2) is 46.4 Å². The fraction of sp³-hybridized carbons (Fsp3) is 0.438. The standard InChI is InChI=1S/C32H41N3O/c1-23(2)12-15-34-16-13-30(14-17-34)35(32(36)31-11-6-24(3)21-33-31)22-27-7-9-28(10-8-27)29-19-25(4)18-26(5)20-29/h6-11,18-21,23,30H,12-17,22H2,1-5H3. The number of pyridine rings is 1. The maximum Gasteiger partial charge on any atom is 0.272 e. The van der Waals surface area contributed by atoms with Gasteiger partial charge in [-0.3, -0.25) is 9.78 Å². The normalized spacial score (nSPS) is 14.8. The second-order valence-electron chi connectivity index (χ2n) is 11.0. The number of piperidine rings is 1. The van der Waals surface area contributed by atoms with Crippen LogP contribution < -0.4 is 0 Å². The molecule has 2 heterocycles. The average Bonchev–Trinajstić information content (AvgIpc) is 2.86. The lowest BCUT2D eigenvalue weighted by Gasteiger charge is -2.38. The molecule has 1 aliphatic heterocycles. The van der Waals surface area contributed by atoms with Crippen molar-refractivity contribution in [2.75, 3.05) is 19.6 Å². The smallest absolute Gasteiger partial charge is 0.272 e. The molecule has 0 N–H and O–H groups in total. The molecule has 4 heteroatoms. The van der Waals surface area contributed by atoms with Crippen molar-refractivity contribution in [1.82, 2.24) is 14.8 Å². The van der Waals surface area contributed by atoms with Gasteiger partial charge in [0.1, 0.15) is 5.69 Å². The summed E-state index contributed by atoms with van der Waals surface area (Å²) in [6, 6.07) is 19.5. The number of nitrogens with zero attached hydrogens (tertiary/aromatic N) is 3. The molecule has 2 aromatic carbocycles. The summed E-state index contributed by atoms with van der Waals surface area (Å²) < 4.78 is 0. The number of amides is 1. The summed E-state index contributed by atoms with van der Waals surface area (Å²) in [5.41, 5.74) is 7.76. The van der Waals surface area contributed by atoms with Gasteiger partial charge in [0, 0.05) is 31.9 Å². The summed E-state index contributed by atoms with van der Waals surface area (Å²) in [5, 5.41) is 0. The summed E-state index contributed by atoms with van der Waals surface area (Å²) >= 11 is 0. The van der Waals surface area contributed by atoms with E-state index in [-0.39, 0.29) is 11.9 Å². The number of benzene rings is 2. The molecule has 0 bridgehead atoms. The van der Waals surface area contributed by atoms with Gasteiger partial charge in [-0.15, -0.1) is 0 Å².